The van der Waals surface area contributed by atoms with Crippen LogP contribution in [0.15, 0.2) is 24.3 Å². The summed E-state index contributed by atoms with van der Waals surface area (Å²) in [4.78, 5) is 11.2. The molecule has 0 unspecified atom stereocenters. The van der Waals surface area contributed by atoms with E-state index in [1.165, 1.54) is 11.5 Å². The zero-order chi connectivity index (χ0) is 13.6. The molecule has 19 heavy (non-hydrogen) atoms. The Kier molecular flexibility index (Phi) is 2.60. The zero-order valence-electron chi connectivity index (χ0n) is 10.4. The lowest BCUT2D eigenvalue weighted by Crippen LogP contribution is -2.01. The van der Waals surface area contributed by atoms with Crippen LogP contribution in [0.25, 0.3) is 15.9 Å². The smallest absolute Gasteiger partial charge is 0.339 e. The summed E-state index contributed by atoms with van der Waals surface area (Å²) in [5, 5.41) is 15.4. The monoisotopic (exact) mass is 273 g/mol. The van der Waals surface area contributed by atoms with Gasteiger partial charge in [-0.15, -0.1) is 0 Å². The molecule has 5 nitrogen and oxygen atoms in total. The molecule has 2 aromatic heterocycles. The number of aromatic carboxylic acids is 1. The first-order valence-corrected chi connectivity index (χ1v) is 6.51. The van der Waals surface area contributed by atoms with Crippen molar-refractivity contribution in [2.45, 2.75) is 13.8 Å². The second-order valence-electron chi connectivity index (χ2n) is 4.27. The Balaban J connectivity index is 2.28. The fourth-order valence-corrected chi connectivity index (χ4v) is 3.05. The number of aromatic nitrogens is 3. The Morgan fingerprint density at radius 1 is 1.32 bits per heavy atom. The highest BCUT2D eigenvalue weighted by atomic mass is 32.1. The number of rotatable bonds is 2. The number of hydrogen-bond donors (Lipinski definition) is 1. The molecule has 96 valence electrons. The molecular formula is C13H11N3O2S. The molecule has 1 aromatic carbocycles. The number of carboxylic acid groups (broad SMARTS) is 1. The molecule has 0 atom stereocenters. The summed E-state index contributed by atoms with van der Waals surface area (Å²) in [6.07, 6.45) is 0. The van der Waals surface area contributed by atoms with Crippen molar-refractivity contribution < 1.29 is 9.90 Å². The van der Waals surface area contributed by atoms with Crippen molar-refractivity contribution in [2.24, 2.45) is 0 Å². The molecular weight excluding hydrogens is 262 g/mol. The first kappa shape index (κ1) is 11.9. The number of hydrogen-bond acceptors (Lipinski definition) is 4. The molecule has 0 bridgehead atoms. The minimum Gasteiger partial charge on any atom is -0.478 e. The Labute approximate surface area is 113 Å². The summed E-state index contributed by atoms with van der Waals surface area (Å²) in [6, 6.07) is 7.75. The highest BCUT2D eigenvalue weighted by Crippen LogP contribution is 2.28. The fraction of sp³-hybridized carbons (Fsp3) is 0.154. The SMILES string of the molecule is Cc1nn(-c2snc3ccccc23)c(C)c1C(=O)O. The predicted molar refractivity (Wildman–Crippen MR) is 73.2 cm³/mol. The fourth-order valence-electron chi connectivity index (χ4n) is 2.18. The summed E-state index contributed by atoms with van der Waals surface area (Å²) in [7, 11) is 0. The lowest BCUT2D eigenvalue weighted by molar-refractivity contribution is 0.0695. The maximum Gasteiger partial charge on any atom is 0.339 e. The lowest BCUT2D eigenvalue weighted by atomic mass is 10.2. The van der Waals surface area contributed by atoms with Crippen LogP contribution in [0, 0.1) is 13.8 Å². The van der Waals surface area contributed by atoms with E-state index in [4.69, 9.17) is 0 Å². The number of aryl methyl sites for hydroxylation is 1. The van der Waals surface area contributed by atoms with Gasteiger partial charge in [-0.3, -0.25) is 0 Å². The summed E-state index contributed by atoms with van der Waals surface area (Å²) in [5.74, 6) is -0.949. The van der Waals surface area contributed by atoms with Gasteiger partial charge in [-0.25, -0.2) is 9.48 Å². The van der Waals surface area contributed by atoms with Crippen molar-refractivity contribution in [2.75, 3.05) is 0 Å². The molecule has 0 aliphatic carbocycles. The van der Waals surface area contributed by atoms with Gasteiger partial charge in [0.15, 0.2) is 0 Å². The van der Waals surface area contributed by atoms with Crippen LogP contribution in [0.3, 0.4) is 0 Å². The van der Waals surface area contributed by atoms with Crippen molar-refractivity contribution >= 4 is 28.4 Å². The van der Waals surface area contributed by atoms with Crippen molar-refractivity contribution in [1.82, 2.24) is 14.2 Å². The number of benzene rings is 1. The summed E-state index contributed by atoms with van der Waals surface area (Å²) >= 11 is 1.32. The van der Waals surface area contributed by atoms with Gasteiger partial charge in [0.2, 0.25) is 0 Å². The number of carboxylic acids is 1. The van der Waals surface area contributed by atoms with E-state index < -0.39 is 5.97 Å². The Morgan fingerprint density at radius 2 is 2.05 bits per heavy atom. The average Bonchev–Trinajstić information content (AvgIpc) is 2.90. The Morgan fingerprint density at radius 3 is 2.74 bits per heavy atom. The number of carbonyl (C=O) groups is 1. The first-order chi connectivity index (χ1) is 9.09. The topological polar surface area (TPSA) is 68.0 Å². The number of fused-ring (bicyclic) bond motifs is 1. The highest BCUT2D eigenvalue weighted by molar-refractivity contribution is 7.10. The second kappa shape index (κ2) is 4.17. The van der Waals surface area contributed by atoms with Gasteiger partial charge in [-0.2, -0.15) is 9.47 Å². The predicted octanol–water partition coefficient (Wildman–Crippen LogP) is 2.80. The van der Waals surface area contributed by atoms with Crippen molar-refractivity contribution in [3.63, 3.8) is 0 Å². The Hall–Kier alpha value is -2.21. The molecule has 3 rings (SSSR count). The molecule has 0 radical (unpaired) electrons. The van der Waals surface area contributed by atoms with E-state index in [1.807, 2.05) is 24.3 Å². The molecule has 2 heterocycles. The van der Waals surface area contributed by atoms with Gasteiger partial charge in [0, 0.05) is 5.39 Å². The molecule has 6 heteroatoms. The van der Waals surface area contributed by atoms with Crippen LogP contribution >= 0.6 is 11.5 Å². The van der Waals surface area contributed by atoms with Crippen LogP contribution < -0.4 is 0 Å². The molecule has 3 aromatic rings. The zero-order valence-corrected chi connectivity index (χ0v) is 11.2. The number of nitrogens with zero attached hydrogens (tertiary/aromatic N) is 3. The minimum atomic E-state index is -0.949. The molecule has 0 saturated carbocycles. The van der Waals surface area contributed by atoms with E-state index in [1.54, 1.807) is 18.5 Å². The quantitative estimate of drug-likeness (QED) is 0.779. The summed E-state index contributed by atoms with van der Waals surface area (Å²) in [5.41, 5.74) is 2.30. The van der Waals surface area contributed by atoms with Crippen LogP contribution in [0.4, 0.5) is 0 Å². The van der Waals surface area contributed by atoms with E-state index in [0.717, 1.165) is 15.9 Å². The lowest BCUT2D eigenvalue weighted by Gasteiger charge is -2.01. The van der Waals surface area contributed by atoms with Gasteiger partial charge in [0.1, 0.15) is 10.6 Å². The van der Waals surface area contributed by atoms with Gasteiger partial charge in [-0.05, 0) is 37.5 Å². The largest absolute Gasteiger partial charge is 0.478 e. The van der Waals surface area contributed by atoms with E-state index in [9.17, 15) is 9.90 Å². The maximum atomic E-state index is 11.2. The molecule has 0 spiro atoms. The maximum absolute atomic E-state index is 11.2. The first-order valence-electron chi connectivity index (χ1n) is 5.74. The standard InChI is InChI=1S/C13H11N3O2S/c1-7-11(13(17)18)8(2)16(14-7)12-9-5-3-4-6-10(9)15-19-12/h3-6H,1-2H3,(H,17,18). The molecule has 0 fully saturated rings. The van der Waals surface area contributed by atoms with Crippen LogP contribution in [0.5, 0.6) is 0 Å². The Bertz CT molecular complexity index is 788. The van der Waals surface area contributed by atoms with E-state index in [-0.39, 0.29) is 5.56 Å². The minimum absolute atomic E-state index is 0.262. The summed E-state index contributed by atoms with van der Waals surface area (Å²) in [6.45, 7) is 3.47. The van der Waals surface area contributed by atoms with Gasteiger partial charge in [0.05, 0.1) is 16.9 Å². The van der Waals surface area contributed by atoms with Gasteiger partial charge in [-0.1, -0.05) is 12.1 Å². The van der Waals surface area contributed by atoms with E-state index in [0.29, 0.717) is 11.4 Å². The third-order valence-electron chi connectivity index (χ3n) is 3.06. The van der Waals surface area contributed by atoms with E-state index >= 15 is 0 Å². The molecule has 0 aliphatic rings. The average molecular weight is 273 g/mol. The molecule has 0 aliphatic heterocycles. The van der Waals surface area contributed by atoms with Crippen LogP contribution in [0.2, 0.25) is 0 Å². The van der Waals surface area contributed by atoms with E-state index in [2.05, 4.69) is 9.47 Å². The van der Waals surface area contributed by atoms with Crippen LogP contribution in [0.1, 0.15) is 21.7 Å². The summed E-state index contributed by atoms with van der Waals surface area (Å²) < 4.78 is 6.02. The highest BCUT2D eigenvalue weighted by Gasteiger charge is 2.20. The van der Waals surface area contributed by atoms with Crippen LogP contribution in [-0.2, 0) is 0 Å². The van der Waals surface area contributed by atoms with Crippen molar-refractivity contribution in [3.8, 4) is 5.00 Å². The van der Waals surface area contributed by atoms with Gasteiger partial charge in [0.25, 0.3) is 0 Å². The van der Waals surface area contributed by atoms with Crippen molar-refractivity contribution in [1.29, 1.82) is 0 Å². The third-order valence-corrected chi connectivity index (χ3v) is 3.92. The second-order valence-corrected chi connectivity index (χ2v) is 5.02. The molecule has 0 saturated heterocycles. The van der Waals surface area contributed by atoms with Gasteiger partial charge >= 0.3 is 5.97 Å². The third kappa shape index (κ3) is 1.72. The molecule has 0 amide bonds. The van der Waals surface area contributed by atoms with Crippen molar-refractivity contribution in [3.05, 3.63) is 41.2 Å². The molecule has 1 N–H and O–H groups in total. The normalized spacial score (nSPS) is 11.1. The van der Waals surface area contributed by atoms with Gasteiger partial charge < -0.3 is 5.11 Å². The van der Waals surface area contributed by atoms with Crippen LogP contribution in [-0.4, -0.2) is 25.2 Å².